The number of carbonyl (C=O) groups is 4. The van der Waals surface area contributed by atoms with Crippen LogP contribution in [0.3, 0.4) is 0 Å². The lowest BCUT2D eigenvalue weighted by Crippen LogP contribution is -2.45. The van der Waals surface area contributed by atoms with Crippen LogP contribution in [0.25, 0.3) is 33.4 Å². The molecule has 0 saturated carbocycles. The average molecular weight is 900 g/mol. The number of ether oxygens (including phenoxy) is 1. The minimum atomic E-state index is -1.20. The Labute approximate surface area is 393 Å². The highest BCUT2D eigenvalue weighted by molar-refractivity contribution is 6.07. The van der Waals surface area contributed by atoms with Gasteiger partial charge in [-0.1, -0.05) is 135 Å². The van der Waals surface area contributed by atoms with Crippen molar-refractivity contribution >= 4 is 40.3 Å². The molecule has 1 amide bonds. The van der Waals surface area contributed by atoms with Crippen molar-refractivity contribution in [1.82, 2.24) is 9.89 Å². The Kier molecular flexibility index (Phi) is 16.7. The molecule has 0 aromatic heterocycles. The number of nitrogens with one attached hydrogen (secondary N) is 1. The van der Waals surface area contributed by atoms with Crippen LogP contribution in [0.5, 0.6) is 0 Å². The number of esters is 1. The van der Waals surface area contributed by atoms with Gasteiger partial charge in [-0.2, -0.15) is 0 Å². The van der Waals surface area contributed by atoms with Gasteiger partial charge in [0.25, 0.3) is 0 Å². The zero-order chi connectivity index (χ0) is 48.1. The van der Waals surface area contributed by atoms with Crippen molar-refractivity contribution in [2.45, 2.75) is 77.4 Å². The second-order valence-electron chi connectivity index (χ2n) is 17.3. The molecule has 1 unspecified atom stereocenters. The van der Waals surface area contributed by atoms with E-state index in [0.717, 1.165) is 75.5 Å². The van der Waals surface area contributed by atoms with E-state index in [1.165, 1.54) is 0 Å². The Bertz CT molecular complexity index is 2810. The van der Waals surface area contributed by atoms with Gasteiger partial charge in [-0.05, 0) is 56.9 Å². The predicted molar refractivity (Wildman–Crippen MR) is 265 cm³/mol. The van der Waals surface area contributed by atoms with E-state index in [1.807, 2.05) is 185 Å². The highest BCUT2D eigenvalue weighted by atomic mass is 16.6. The summed E-state index contributed by atoms with van der Waals surface area (Å²) in [7, 11) is 7.88. The van der Waals surface area contributed by atoms with E-state index in [2.05, 4.69) is 5.32 Å². The van der Waals surface area contributed by atoms with Crippen LogP contribution >= 0.6 is 0 Å². The number of rotatable bonds is 17. The first-order chi connectivity index (χ1) is 32.2. The number of Topliss-reactive ketones (excluding diaryl/α,β-unsaturated/α-hetero) is 1. The predicted octanol–water partition coefficient (Wildman–Crippen LogP) is 9.32. The van der Waals surface area contributed by atoms with Gasteiger partial charge in [-0.25, -0.2) is 9.37 Å². The van der Waals surface area contributed by atoms with E-state index >= 15 is 0 Å². The van der Waals surface area contributed by atoms with Crippen LogP contribution in [0.4, 0.5) is 5.69 Å². The number of carboxylic acid groups (broad SMARTS) is 1. The summed E-state index contributed by atoms with van der Waals surface area (Å²) >= 11 is 0. The number of hydrogen-bond donors (Lipinski definition) is 1. The van der Waals surface area contributed by atoms with E-state index in [4.69, 9.17) is 9.15 Å². The van der Waals surface area contributed by atoms with Crippen LogP contribution in [0.15, 0.2) is 150 Å². The Hall–Kier alpha value is -7.33. The quantitative estimate of drug-likeness (QED) is 0.0315. The highest BCUT2D eigenvalue weighted by Gasteiger charge is 2.42. The summed E-state index contributed by atoms with van der Waals surface area (Å²) in [5, 5.41) is 16.6. The van der Waals surface area contributed by atoms with E-state index in [0.29, 0.717) is 36.2 Å². The van der Waals surface area contributed by atoms with Crippen molar-refractivity contribution in [3.8, 4) is 22.5 Å². The summed E-state index contributed by atoms with van der Waals surface area (Å²) in [6, 6.07) is 45.6. The highest BCUT2D eigenvalue weighted by Crippen LogP contribution is 2.43. The van der Waals surface area contributed by atoms with Gasteiger partial charge in [0.15, 0.2) is 5.60 Å². The summed E-state index contributed by atoms with van der Waals surface area (Å²) in [6.45, 7) is 5.49. The number of nitrogens with zero attached hydrogens (tertiary/aromatic N) is 2. The SMILES string of the molecule is CCC(NC(=O)CCCCCCC(C)=O)C(=O)OC(c1ccccc1)(c1ccccc1)c1ccc(C)cc1.CN(C)c1ccc2c(-c3ccccc3C(=O)[O-])c3ccc(=[N+](C)C)cc-3oc2c1. The molecule has 346 valence electrons. The molecule has 1 aliphatic carbocycles. The van der Waals surface area contributed by atoms with Gasteiger partial charge in [0.1, 0.15) is 37.3 Å². The molecule has 5 aromatic rings. The molecule has 0 bridgehead atoms. The van der Waals surface area contributed by atoms with Crippen molar-refractivity contribution in [2.75, 3.05) is 33.1 Å². The van der Waals surface area contributed by atoms with Crippen LogP contribution in [-0.4, -0.2) is 57.9 Å². The van der Waals surface area contributed by atoms with Gasteiger partial charge in [-0.3, -0.25) is 4.79 Å². The summed E-state index contributed by atoms with van der Waals surface area (Å²) in [4.78, 5) is 51.3. The molecule has 10 heteroatoms. The van der Waals surface area contributed by atoms with Crippen LogP contribution in [0.2, 0.25) is 0 Å². The van der Waals surface area contributed by atoms with Crippen molar-refractivity contribution in [2.24, 2.45) is 0 Å². The molecule has 1 aliphatic heterocycles. The maximum absolute atomic E-state index is 13.7. The minimum absolute atomic E-state index is 0.162. The maximum Gasteiger partial charge on any atom is 0.330 e. The number of aromatic carboxylic acids is 1. The number of amides is 1. The average Bonchev–Trinajstić information content (AvgIpc) is 3.33. The fraction of sp³-hybridized carbons (Fsp3) is 0.281. The number of fused-ring (bicyclic) bond motifs is 2. The van der Waals surface area contributed by atoms with Gasteiger partial charge in [0.05, 0.1) is 12.0 Å². The first-order valence-electron chi connectivity index (χ1n) is 22.9. The number of benzene rings is 6. The Morgan fingerprint density at radius 2 is 1.31 bits per heavy atom. The van der Waals surface area contributed by atoms with Crippen molar-refractivity contribution in [3.05, 3.63) is 179 Å². The van der Waals surface area contributed by atoms with Crippen molar-refractivity contribution in [1.29, 1.82) is 0 Å². The molecule has 5 aromatic carbocycles. The standard InChI is InChI=1S/C33H39NO4.C24H22N2O3/c1-4-30(34-31(36)20-14-6-5-9-15-26(3)35)32(37)38-33(27-16-10-7-11-17-27,28-18-12-8-13-19-28)29-23-21-25(2)22-24-29;1-25(2)15-9-11-19-21(13-15)29-22-14-16(26(3)4)10-12-20(22)23(19)17-7-5-6-8-18(17)24(27)28/h7-8,10-13,16-19,21-24,30H,4-6,9,14-15,20H2,1-3H3,(H,34,36);5-14H,1-4H3. The fourth-order valence-electron chi connectivity index (χ4n) is 8.23. The number of carbonyl (C=O) groups excluding carboxylic acids is 4. The molecular formula is C57H61N3O7. The second-order valence-corrected chi connectivity index (χ2v) is 17.3. The number of hydrogen-bond acceptors (Lipinski definition) is 8. The fourth-order valence-corrected chi connectivity index (χ4v) is 8.23. The molecule has 7 rings (SSSR count). The summed E-state index contributed by atoms with van der Waals surface area (Å²) in [5.74, 6) is -0.948. The van der Waals surface area contributed by atoms with Gasteiger partial charge >= 0.3 is 5.97 Å². The minimum Gasteiger partial charge on any atom is -0.545 e. The molecule has 0 spiro atoms. The Morgan fingerprint density at radius 3 is 1.90 bits per heavy atom. The largest absolute Gasteiger partial charge is 0.545 e. The van der Waals surface area contributed by atoms with Crippen LogP contribution < -0.4 is 25.3 Å². The lowest BCUT2D eigenvalue weighted by atomic mass is 9.79. The Balaban J connectivity index is 0.000000228. The van der Waals surface area contributed by atoms with E-state index < -0.39 is 23.6 Å². The molecular weight excluding hydrogens is 839 g/mol. The second kappa shape index (κ2) is 22.7. The first-order valence-corrected chi connectivity index (χ1v) is 22.9. The zero-order valence-corrected chi connectivity index (χ0v) is 39.6. The maximum atomic E-state index is 13.7. The third-order valence-electron chi connectivity index (χ3n) is 11.9. The molecule has 0 radical (unpaired) electrons. The lowest BCUT2D eigenvalue weighted by Gasteiger charge is -2.36. The van der Waals surface area contributed by atoms with Crippen LogP contribution in [-0.2, 0) is 24.7 Å². The molecule has 1 N–H and O–H groups in total. The Morgan fingerprint density at radius 1 is 0.716 bits per heavy atom. The molecule has 10 nitrogen and oxygen atoms in total. The normalized spacial score (nSPS) is 11.6. The molecule has 1 heterocycles. The van der Waals surface area contributed by atoms with Crippen molar-refractivity contribution < 1.29 is 33.4 Å². The monoisotopic (exact) mass is 899 g/mol. The van der Waals surface area contributed by atoms with Gasteiger partial charge in [-0.15, -0.1) is 0 Å². The zero-order valence-electron chi connectivity index (χ0n) is 39.6. The van der Waals surface area contributed by atoms with Gasteiger partial charge in [0, 0.05) is 83.5 Å². The summed E-state index contributed by atoms with van der Waals surface area (Å²) in [5.41, 5.74) is 6.59. The van der Waals surface area contributed by atoms with E-state index in [-0.39, 0.29) is 17.3 Å². The van der Waals surface area contributed by atoms with Crippen LogP contribution in [0.1, 0.15) is 91.4 Å². The number of carboxylic acids is 1. The molecule has 1 atom stereocenters. The number of aryl methyl sites for hydroxylation is 1. The first kappa shape index (κ1) is 49.1. The molecule has 67 heavy (non-hydrogen) atoms. The molecule has 0 saturated heterocycles. The number of unbranched alkanes of at least 4 members (excludes halogenated alkanes) is 3. The number of anilines is 1. The van der Waals surface area contributed by atoms with Crippen molar-refractivity contribution in [3.63, 3.8) is 0 Å². The van der Waals surface area contributed by atoms with E-state index in [9.17, 15) is 24.3 Å². The van der Waals surface area contributed by atoms with Gasteiger partial charge in [0.2, 0.25) is 11.3 Å². The molecule has 2 aliphatic rings. The summed E-state index contributed by atoms with van der Waals surface area (Å²) < 4.78 is 14.8. The third kappa shape index (κ3) is 11.9. The number of ketones is 1. The lowest BCUT2D eigenvalue weighted by molar-refractivity contribution is -0.255. The molecule has 0 fully saturated rings. The smallest absolute Gasteiger partial charge is 0.330 e. The third-order valence-corrected chi connectivity index (χ3v) is 11.9. The topological polar surface area (TPSA) is 132 Å². The van der Waals surface area contributed by atoms with Crippen LogP contribution in [0, 0.1) is 6.92 Å². The summed E-state index contributed by atoms with van der Waals surface area (Å²) in [6.07, 6.45) is 4.69. The van der Waals surface area contributed by atoms with Gasteiger partial charge < -0.3 is 34.1 Å². The van der Waals surface area contributed by atoms with E-state index in [1.54, 1.807) is 19.1 Å².